The van der Waals surface area contributed by atoms with Gasteiger partial charge in [-0.3, -0.25) is 9.59 Å². The fourth-order valence-electron chi connectivity index (χ4n) is 5.60. The number of fused-ring (bicyclic) bond motifs is 2. The predicted octanol–water partition coefficient (Wildman–Crippen LogP) is 6.92. The van der Waals surface area contributed by atoms with E-state index in [1.807, 2.05) is 51.3 Å². The molecule has 2 aromatic heterocycles. The molecule has 4 aromatic rings. The molecule has 0 bridgehead atoms. The molecule has 0 amide bonds. The third-order valence-electron chi connectivity index (χ3n) is 7.53. The van der Waals surface area contributed by atoms with Crippen LogP contribution in [0.5, 0.6) is 0 Å². The summed E-state index contributed by atoms with van der Waals surface area (Å²) in [5, 5.41) is 11.6. The van der Waals surface area contributed by atoms with E-state index in [0.717, 1.165) is 22.2 Å². The maximum atomic E-state index is 13.3. The van der Waals surface area contributed by atoms with Crippen molar-refractivity contribution in [3.63, 3.8) is 0 Å². The topological polar surface area (TPSA) is 98.5 Å². The van der Waals surface area contributed by atoms with Crippen LogP contribution in [0.1, 0.15) is 70.1 Å². The number of rotatable bonds is 6. The second-order valence-electron chi connectivity index (χ2n) is 11.3. The summed E-state index contributed by atoms with van der Waals surface area (Å²) in [4.78, 5) is 44.0. The lowest BCUT2D eigenvalue weighted by Gasteiger charge is -2.28. The van der Waals surface area contributed by atoms with Gasteiger partial charge in [-0.05, 0) is 64.8 Å². The number of halogens is 1. The van der Waals surface area contributed by atoms with Crippen LogP contribution in [0, 0.1) is 26.7 Å². The van der Waals surface area contributed by atoms with Gasteiger partial charge in [0.15, 0.2) is 17.7 Å². The van der Waals surface area contributed by atoms with E-state index in [2.05, 4.69) is 0 Å². The first-order valence-corrected chi connectivity index (χ1v) is 13.5. The Balaban J connectivity index is 1.77. The number of carbonyl (C=O) groups excluding carboxylic acids is 2. The molecule has 1 atom stereocenters. The molecule has 2 heterocycles. The summed E-state index contributed by atoms with van der Waals surface area (Å²) in [6.07, 6.45) is -1.28. The van der Waals surface area contributed by atoms with Gasteiger partial charge in [-0.15, -0.1) is 0 Å². The molecule has 0 radical (unpaired) electrons. The largest absolute Gasteiger partial charge is 0.479 e. The highest BCUT2D eigenvalue weighted by Gasteiger charge is 2.40. The van der Waals surface area contributed by atoms with Crippen molar-refractivity contribution in [3.05, 3.63) is 87.2 Å². The Bertz CT molecular complexity index is 1660. The average Bonchev–Trinajstić information content (AvgIpc) is 3.27. The average molecular weight is 559 g/mol. The summed E-state index contributed by atoms with van der Waals surface area (Å²) < 4.78 is 8.00. The number of hydrogen-bond acceptors (Lipinski definition) is 5. The lowest BCUT2D eigenvalue weighted by molar-refractivity contribution is -0.160. The number of nitrogens with zero attached hydrogens (tertiary/aromatic N) is 2. The van der Waals surface area contributed by atoms with Crippen LogP contribution < -0.4 is 0 Å². The van der Waals surface area contributed by atoms with Crippen LogP contribution in [-0.4, -0.2) is 37.8 Å². The van der Waals surface area contributed by atoms with E-state index in [-0.39, 0.29) is 18.1 Å². The number of aromatic nitrogens is 2. The highest BCUT2D eigenvalue weighted by molar-refractivity contribution is 6.30. The molecule has 0 spiro atoms. The summed E-state index contributed by atoms with van der Waals surface area (Å²) in [5.74, 6) is -2.38. The van der Waals surface area contributed by atoms with Crippen LogP contribution in [0.25, 0.3) is 22.2 Å². The fraction of sp³-hybridized carbons (Fsp3) is 0.312. The number of aryl methyl sites for hydroxylation is 2. The van der Waals surface area contributed by atoms with Crippen molar-refractivity contribution in [2.45, 2.75) is 59.8 Å². The lowest BCUT2D eigenvalue weighted by atomic mass is 9.91. The van der Waals surface area contributed by atoms with E-state index in [4.69, 9.17) is 21.3 Å². The normalized spacial score (nSPS) is 14.7. The highest BCUT2D eigenvalue weighted by atomic mass is 35.5. The molecule has 0 saturated heterocycles. The van der Waals surface area contributed by atoms with E-state index < -0.39 is 23.6 Å². The number of ether oxygens (including phenoxy) is 1. The number of Topliss-reactive ketones (excluding diaryl/α,β-unsaturated/α-hetero) is 2. The third-order valence-corrected chi connectivity index (χ3v) is 7.78. The van der Waals surface area contributed by atoms with Gasteiger partial charge in [-0.1, -0.05) is 48.0 Å². The van der Waals surface area contributed by atoms with Crippen LogP contribution in [0.15, 0.2) is 48.5 Å². The van der Waals surface area contributed by atoms with Gasteiger partial charge in [0.05, 0.1) is 5.60 Å². The molecular weight excluding hydrogens is 528 g/mol. The summed E-state index contributed by atoms with van der Waals surface area (Å²) in [6, 6.07) is 14.1. The molecule has 7 nitrogen and oxygen atoms in total. The Hall–Kier alpha value is -3.81. The Morgan fingerprint density at radius 1 is 1.02 bits per heavy atom. The maximum Gasteiger partial charge on any atom is 0.337 e. The molecule has 1 unspecified atom stereocenters. The van der Waals surface area contributed by atoms with Crippen LogP contribution in [0.3, 0.4) is 0 Å². The molecule has 0 aliphatic heterocycles. The van der Waals surface area contributed by atoms with Crippen LogP contribution in [0.4, 0.5) is 0 Å². The smallest absolute Gasteiger partial charge is 0.337 e. The van der Waals surface area contributed by atoms with Crippen LogP contribution in [0.2, 0.25) is 5.02 Å². The van der Waals surface area contributed by atoms with E-state index >= 15 is 0 Å². The summed E-state index contributed by atoms with van der Waals surface area (Å²) >= 11 is 6.21. The Morgan fingerprint density at radius 3 is 2.12 bits per heavy atom. The molecule has 8 heteroatoms. The predicted molar refractivity (Wildman–Crippen MR) is 154 cm³/mol. The van der Waals surface area contributed by atoms with Crippen LogP contribution >= 0.6 is 11.6 Å². The number of carboxylic acid groups (broad SMARTS) is 1. The van der Waals surface area contributed by atoms with Crippen molar-refractivity contribution in [2.75, 3.05) is 0 Å². The first-order valence-electron chi connectivity index (χ1n) is 13.1. The lowest BCUT2D eigenvalue weighted by Crippen LogP contribution is -2.28. The molecule has 0 saturated carbocycles. The zero-order valence-electron chi connectivity index (χ0n) is 23.3. The molecule has 40 heavy (non-hydrogen) atoms. The Labute approximate surface area is 237 Å². The Kier molecular flexibility index (Phi) is 6.92. The van der Waals surface area contributed by atoms with Gasteiger partial charge in [0.25, 0.3) is 0 Å². The zero-order valence-corrected chi connectivity index (χ0v) is 24.1. The van der Waals surface area contributed by atoms with Gasteiger partial charge >= 0.3 is 5.97 Å². The van der Waals surface area contributed by atoms with E-state index in [1.165, 1.54) is 0 Å². The first kappa shape index (κ1) is 27.7. The summed E-state index contributed by atoms with van der Waals surface area (Å²) in [5.41, 5.74) is 4.84. The quantitative estimate of drug-likeness (QED) is 0.258. The molecular formula is C32H31ClN2O5. The van der Waals surface area contributed by atoms with E-state index in [1.54, 1.807) is 43.3 Å². The van der Waals surface area contributed by atoms with Gasteiger partial charge in [0.1, 0.15) is 11.6 Å². The van der Waals surface area contributed by atoms with Gasteiger partial charge in [-0.25, -0.2) is 9.78 Å². The van der Waals surface area contributed by atoms with Crippen molar-refractivity contribution >= 4 is 40.2 Å². The van der Waals surface area contributed by atoms with Crippen molar-refractivity contribution in [3.8, 4) is 11.1 Å². The molecule has 1 aliphatic carbocycles. The minimum atomic E-state index is -1.28. The van der Waals surface area contributed by atoms with Crippen molar-refractivity contribution in [1.82, 2.24) is 9.55 Å². The van der Waals surface area contributed by atoms with Gasteiger partial charge in [-0.2, -0.15) is 0 Å². The number of benzene rings is 2. The number of carboxylic acids is 1. The van der Waals surface area contributed by atoms with Gasteiger partial charge in [0.2, 0.25) is 0 Å². The highest BCUT2D eigenvalue weighted by Crippen LogP contribution is 2.43. The number of aliphatic carboxylic acids is 1. The monoisotopic (exact) mass is 558 g/mol. The number of hydrogen-bond donors (Lipinski definition) is 1. The van der Waals surface area contributed by atoms with E-state index in [0.29, 0.717) is 38.6 Å². The molecule has 1 aliphatic rings. The van der Waals surface area contributed by atoms with Gasteiger partial charge in [0, 0.05) is 50.6 Å². The van der Waals surface area contributed by atoms with Gasteiger partial charge < -0.3 is 14.4 Å². The SMILES string of the molecule is Cc1nc2c(c(C)c(C)n2CC2C(=O)c3ccccc3C2=O)c(-c2ccc(Cl)cc2)c1C(OC(C)(C)C)C(=O)O. The number of ketones is 2. The second kappa shape index (κ2) is 9.98. The minimum absolute atomic E-state index is 0.134. The van der Waals surface area contributed by atoms with E-state index in [9.17, 15) is 19.5 Å². The summed E-state index contributed by atoms with van der Waals surface area (Å²) in [7, 11) is 0. The van der Waals surface area contributed by atoms with Crippen molar-refractivity contribution in [1.29, 1.82) is 0 Å². The maximum absolute atomic E-state index is 13.3. The molecule has 1 N–H and O–H groups in total. The standard InChI is InChI=1S/C32H31ClN2O5/c1-16-18(3)35(15-23-27(36)21-9-7-8-10-22(21)28(23)37)30-24(16)26(19-11-13-20(33)14-12-19)25(17(2)34-30)29(31(38)39)40-32(4,5)6/h7-14,23,29H,15H2,1-6H3,(H,38,39). The third kappa shape index (κ3) is 4.63. The zero-order chi connectivity index (χ0) is 29.1. The van der Waals surface area contributed by atoms with Crippen molar-refractivity contribution in [2.24, 2.45) is 5.92 Å². The number of pyridine rings is 1. The second-order valence-corrected chi connectivity index (χ2v) is 11.7. The molecule has 206 valence electrons. The Morgan fingerprint density at radius 2 is 1.60 bits per heavy atom. The minimum Gasteiger partial charge on any atom is -0.479 e. The molecule has 0 fully saturated rings. The number of carbonyl (C=O) groups is 3. The molecule has 5 rings (SSSR count). The van der Waals surface area contributed by atoms with Crippen molar-refractivity contribution < 1.29 is 24.2 Å². The van der Waals surface area contributed by atoms with Crippen LogP contribution in [-0.2, 0) is 16.1 Å². The molecule has 2 aromatic carbocycles. The first-order chi connectivity index (χ1) is 18.8. The fourth-order valence-corrected chi connectivity index (χ4v) is 5.72. The summed E-state index contributed by atoms with van der Waals surface area (Å²) in [6.45, 7) is 11.2.